The van der Waals surface area contributed by atoms with E-state index in [-0.39, 0.29) is 0 Å². The van der Waals surface area contributed by atoms with E-state index in [4.69, 9.17) is 4.42 Å². The molecule has 0 bridgehead atoms. The molecule has 104 valence electrons. The van der Waals surface area contributed by atoms with Gasteiger partial charge in [0.05, 0.1) is 0 Å². The molecule has 3 aromatic rings. The van der Waals surface area contributed by atoms with Gasteiger partial charge in [-0.1, -0.05) is 55.1 Å². The Kier molecular flexibility index (Phi) is 3.44. The van der Waals surface area contributed by atoms with Crippen LogP contribution in [0.15, 0.2) is 64.0 Å². The van der Waals surface area contributed by atoms with Gasteiger partial charge in [0.1, 0.15) is 11.3 Å². The summed E-state index contributed by atoms with van der Waals surface area (Å²) in [5.41, 5.74) is 4.42. The van der Waals surface area contributed by atoms with Crippen LogP contribution < -0.4 is 10.6 Å². The number of benzene rings is 2. The van der Waals surface area contributed by atoms with Crippen molar-refractivity contribution in [3.05, 3.63) is 70.8 Å². The fourth-order valence-corrected chi connectivity index (χ4v) is 2.36. The normalized spacial score (nSPS) is 12.3. The quantitative estimate of drug-likeness (QED) is 0.657. The van der Waals surface area contributed by atoms with Crippen molar-refractivity contribution in [1.29, 1.82) is 0 Å². The third-order valence-corrected chi connectivity index (χ3v) is 3.30. The first-order chi connectivity index (χ1) is 10.2. The van der Waals surface area contributed by atoms with Crippen molar-refractivity contribution < 1.29 is 4.42 Å². The summed E-state index contributed by atoms with van der Waals surface area (Å²) < 4.78 is 6.01. The zero-order valence-electron chi connectivity index (χ0n) is 12.3. The van der Waals surface area contributed by atoms with E-state index in [1.807, 2.05) is 68.4 Å². The smallest absolute Gasteiger partial charge is 0.161 e. The average molecular weight is 275 g/mol. The van der Waals surface area contributed by atoms with Crippen molar-refractivity contribution >= 4 is 29.0 Å². The summed E-state index contributed by atoms with van der Waals surface area (Å²) in [6.45, 7) is 8.14. The number of fused-ring (bicyclic) bond motifs is 1. The number of para-hydroxylation sites is 1. The molecule has 0 spiro atoms. The number of nitrogens with zero attached hydrogens (tertiary/aromatic N) is 1. The van der Waals surface area contributed by atoms with E-state index in [1.165, 1.54) is 0 Å². The van der Waals surface area contributed by atoms with E-state index in [1.54, 1.807) is 0 Å². The Morgan fingerprint density at radius 3 is 2.29 bits per heavy atom. The molecular weight excluding hydrogens is 258 g/mol. The van der Waals surface area contributed by atoms with Gasteiger partial charge in [0, 0.05) is 21.9 Å². The molecule has 0 aliphatic heterocycles. The van der Waals surface area contributed by atoms with E-state index in [9.17, 15) is 0 Å². The van der Waals surface area contributed by atoms with Crippen LogP contribution >= 0.6 is 0 Å². The average Bonchev–Trinajstić information content (AvgIpc) is 2.83. The number of rotatable bonds is 2. The minimum absolute atomic E-state index is 0.739. The van der Waals surface area contributed by atoms with Gasteiger partial charge in [0.2, 0.25) is 0 Å². The molecule has 2 heteroatoms. The number of hydrogen-bond donors (Lipinski definition) is 0. The van der Waals surface area contributed by atoms with Crippen molar-refractivity contribution in [3.63, 3.8) is 0 Å². The van der Waals surface area contributed by atoms with Crippen molar-refractivity contribution in [2.24, 2.45) is 4.99 Å². The Morgan fingerprint density at radius 2 is 1.62 bits per heavy atom. The van der Waals surface area contributed by atoms with E-state index in [0.717, 1.165) is 38.6 Å². The first-order valence-electron chi connectivity index (χ1n) is 6.95. The van der Waals surface area contributed by atoms with Gasteiger partial charge in [-0.25, -0.2) is 0 Å². The lowest BCUT2D eigenvalue weighted by molar-refractivity contribution is 0.572. The predicted octanol–water partition coefficient (Wildman–Crippen LogP) is 3.48. The highest BCUT2D eigenvalue weighted by Crippen LogP contribution is 2.14. The van der Waals surface area contributed by atoms with Crippen molar-refractivity contribution in [2.75, 3.05) is 0 Å². The third-order valence-electron chi connectivity index (χ3n) is 3.30. The van der Waals surface area contributed by atoms with Crippen LogP contribution in [0.2, 0.25) is 0 Å². The largest absolute Gasteiger partial charge is 0.454 e. The minimum atomic E-state index is 0.739. The lowest BCUT2D eigenvalue weighted by atomic mass is 10.1. The van der Waals surface area contributed by atoms with Gasteiger partial charge in [-0.3, -0.25) is 4.99 Å². The molecule has 2 aromatic carbocycles. The maximum atomic E-state index is 6.01. The number of furan rings is 1. The van der Waals surface area contributed by atoms with Crippen molar-refractivity contribution in [2.45, 2.75) is 13.8 Å². The fourth-order valence-electron chi connectivity index (χ4n) is 2.36. The van der Waals surface area contributed by atoms with E-state index in [2.05, 4.69) is 11.6 Å². The topological polar surface area (TPSA) is 25.5 Å². The maximum Gasteiger partial charge on any atom is 0.161 e. The van der Waals surface area contributed by atoms with Crippen LogP contribution in [0.4, 0.5) is 0 Å². The van der Waals surface area contributed by atoms with Crippen LogP contribution in [0.5, 0.6) is 0 Å². The molecule has 0 saturated heterocycles. The van der Waals surface area contributed by atoms with Crippen molar-refractivity contribution in [1.82, 2.24) is 0 Å². The Hall–Kier alpha value is -2.61. The Morgan fingerprint density at radius 1 is 0.952 bits per heavy atom. The van der Waals surface area contributed by atoms with E-state index < -0.39 is 0 Å². The van der Waals surface area contributed by atoms with Gasteiger partial charge in [-0.05, 0) is 19.9 Å². The Bertz CT molecular complexity index is 913. The molecule has 0 aliphatic carbocycles. The van der Waals surface area contributed by atoms with Gasteiger partial charge >= 0.3 is 0 Å². The zero-order valence-corrected chi connectivity index (χ0v) is 12.3. The second-order valence-corrected chi connectivity index (χ2v) is 5.18. The summed E-state index contributed by atoms with van der Waals surface area (Å²) in [4.78, 5) is 4.67. The summed E-state index contributed by atoms with van der Waals surface area (Å²) in [6.07, 6.45) is 0. The Labute approximate surface area is 123 Å². The summed E-state index contributed by atoms with van der Waals surface area (Å²) in [5.74, 6) is 0. The first-order valence-corrected chi connectivity index (χ1v) is 6.95. The highest BCUT2D eigenvalue weighted by atomic mass is 16.3. The van der Waals surface area contributed by atoms with E-state index in [0.29, 0.717) is 0 Å². The molecule has 2 nitrogen and oxygen atoms in total. The SMILES string of the molecule is C=c1/c(=C(\N=C(C)C)c2ccccc2)oc2ccccc12. The van der Waals surface area contributed by atoms with Gasteiger partial charge < -0.3 is 4.42 Å². The molecule has 3 rings (SSSR count). The Balaban J connectivity index is 2.45. The molecule has 0 unspecified atom stereocenters. The summed E-state index contributed by atoms with van der Waals surface area (Å²) in [6, 6.07) is 18.0. The van der Waals surface area contributed by atoms with Crippen LogP contribution in [-0.2, 0) is 0 Å². The second kappa shape index (κ2) is 5.41. The van der Waals surface area contributed by atoms with E-state index >= 15 is 0 Å². The van der Waals surface area contributed by atoms with Crippen LogP contribution in [0, 0.1) is 0 Å². The molecule has 1 heterocycles. The van der Waals surface area contributed by atoms with Gasteiger partial charge in [0.15, 0.2) is 5.42 Å². The fraction of sp³-hybridized carbons (Fsp3) is 0.105. The summed E-state index contributed by atoms with van der Waals surface area (Å²) in [5, 5.41) is 1.92. The van der Waals surface area contributed by atoms with Gasteiger partial charge in [0.25, 0.3) is 0 Å². The summed E-state index contributed by atoms with van der Waals surface area (Å²) >= 11 is 0. The van der Waals surface area contributed by atoms with Crippen LogP contribution in [0.25, 0.3) is 23.2 Å². The lowest BCUT2D eigenvalue weighted by Crippen LogP contribution is -2.21. The monoisotopic (exact) mass is 275 g/mol. The standard InChI is InChI=1S/C19H17NO/c1-13(2)20-18(15-9-5-4-6-10-15)19-14(3)16-11-7-8-12-17(16)21-19/h4-12H,3H2,1-2H3/b19-18+. The molecular formula is C19H17NO. The predicted molar refractivity (Wildman–Crippen MR) is 88.7 cm³/mol. The molecule has 0 N–H and O–H groups in total. The number of aliphatic imine (C=N–C) groups is 1. The molecule has 1 aromatic heterocycles. The molecule has 0 saturated carbocycles. The molecule has 0 aliphatic rings. The number of hydrogen-bond acceptors (Lipinski definition) is 2. The highest BCUT2D eigenvalue weighted by Gasteiger charge is 2.08. The van der Waals surface area contributed by atoms with Gasteiger partial charge in [-0.15, -0.1) is 0 Å². The molecule has 21 heavy (non-hydrogen) atoms. The third kappa shape index (κ3) is 2.52. The first kappa shape index (κ1) is 13.4. The molecule has 0 radical (unpaired) electrons. The molecule has 0 amide bonds. The van der Waals surface area contributed by atoms with Crippen LogP contribution in [0.1, 0.15) is 19.4 Å². The summed E-state index contributed by atoms with van der Waals surface area (Å²) in [7, 11) is 0. The van der Waals surface area contributed by atoms with Gasteiger partial charge in [-0.2, -0.15) is 0 Å². The zero-order chi connectivity index (χ0) is 14.8. The van der Waals surface area contributed by atoms with Crippen LogP contribution in [-0.4, -0.2) is 5.71 Å². The van der Waals surface area contributed by atoms with Crippen LogP contribution in [0.3, 0.4) is 0 Å². The minimum Gasteiger partial charge on any atom is -0.454 e. The lowest BCUT2D eigenvalue weighted by Gasteiger charge is -2.01. The second-order valence-electron chi connectivity index (χ2n) is 5.18. The molecule has 0 atom stereocenters. The van der Waals surface area contributed by atoms with Crippen molar-refractivity contribution in [3.8, 4) is 0 Å². The highest BCUT2D eigenvalue weighted by molar-refractivity contribution is 5.86. The maximum absolute atomic E-state index is 6.01. The molecule has 0 fully saturated rings.